The molecule has 0 bridgehead atoms. The average Bonchev–Trinajstić information content (AvgIpc) is 3.19. The number of nitrogens with zero attached hydrogens (tertiary/aromatic N) is 1. The number of anilines is 2. The van der Waals surface area contributed by atoms with Crippen molar-refractivity contribution in [1.29, 1.82) is 0 Å². The zero-order chi connectivity index (χ0) is 13.8. The molecule has 0 aromatic heterocycles. The molecule has 1 saturated carbocycles. The molecule has 1 aromatic carbocycles. The molecule has 104 valence electrons. The second kappa shape index (κ2) is 6.06. The minimum absolute atomic E-state index is 0.0500. The van der Waals surface area contributed by atoms with Crippen molar-refractivity contribution < 1.29 is 4.79 Å². The third-order valence-corrected chi connectivity index (χ3v) is 3.57. The molecule has 1 aliphatic carbocycles. The van der Waals surface area contributed by atoms with Crippen LogP contribution in [0.2, 0.25) is 0 Å². The van der Waals surface area contributed by atoms with Crippen molar-refractivity contribution in [1.82, 2.24) is 4.90 Å². The van der Waals surface area contributed by atoms with Crippen LogP contribution in [0.1, 0.15) is 31.7 Å². The van der Waals surface area contributed by atoms with Gasteiger partial charge in [0.05, 0.1) is 6.54 Å². The second-order valence-corrected chi connectivity index (χ2v) is 5.27. The molecule has 4 nitrogen and oxygen atoms in total. The Labute approximate surface area is 115 Å². The van der Waals surface area contributed by atoms with Crippen molar-refractivity contribution in [3.8, 4) is 0 Å². The Bertz CT molecular complexity index is 455. The van der Waals surface area contributed by atoms with Crippen LogP contribution in [-0.4, -0.2) is 29.9 Å². The van der Waals surface area contributed by atoms with E-state index in [4.69, 9.17) is 5.73 Å². The summed E-state index contributed by atoms with van der Waals surface area (Å²) in [7, 11) is 0. The predicted molar refractivity (Wildman–Crippen MR) is 79.1 cm³/mol. The normalized spacial score (nSPS) is 14.7. The average molecular weight is 261 g/mol. The minimum atomic E-state index is 0.0500. The predicted octanol–water partition coefficient (Wildman–Crippen LogP) is 2.39. The number of carbonyl (C=O) groups is 1. The van der Waals surface area contributed by atoms with E-state index in [-0.39, 0.29) is 5.91 Å². The minimum Gasteiger partial charge on any atom is -0.398 e. The summed E-state index contributed by atoms with van der Waals surface area (Å²) in [6.07, 6.45) is 3.54. The van der Waals surface area contributed by atoms with Crippen molar-refractivity contribution >= 4 is 17.3 Å². The zero-order valence-corrected chi connectivity index (χ0v) is 11.8. The van der Waals surface area contributed by atoms with Gasteiger partial charge in [-0.2, -0.15) is 0 Å². The summed E-state index contributed by atoms with van der Waals surface area (Å²) in [6, 6.07) is 6.22. The van der Waals surface area contributed by atoms with Gasteiger partial charge >= 0.3 is 0 Å². The monoisotopic (exact) mass is 261 g/mol. The summed E-state index contributed by atoms with van der Waals surface area (Å²) in [6.45, 7) is 5.55. The lowest BCUT2D eigenvalue weighted by Crippen LogP contribution is -2.35. The van der Waals surface area contributed by atoms with Crippen molar-refractivity contribution in [3.05, 3.63) is 23.8 Å². The number of amides is 1. The lowest BCUT2D eigenvalue weighted by Gasteiger charge is -2.20. The van der Waals surface area contributed by atoms with Crippen molar-refractivity contribution in [2.75, 3.05) is 24.1 Å². The van der Waals surface area contributed by atoms with Gasteiger partial charge < -0.3 is 11.1 Å². The quantitative estimate of drug-likeness (QED) is 0.773. The standard InChI is InChI=1S/C15H23N3O/c1-3-9-18(12-7-8-12)10-15(19)17-14-6-4-5-13(16)11(14)2/h4-6,12H,3,7-10,16H2,1-2H3,(H,17,19). The van der Waals surface area contributed by atoms with Crippen LogP contribution in [0, 0.1) is 6.92 Å². The summed E-state index contributed by atoms with van der Waals surface area (Å²) in [5, 5.41) is 2.96. The first-order chi connectivity index (χ1) is 9.11. The lowest BCUT2D eigenvalue weighted by atomic mass is 10.1. The van der Waals surface area contributed by atoms with Gasteiger partial charge in [-0.1, -0.05) is 13.0 Å². The van der Waals surface area contributed by atoms with Gasteiger partial charge in [0.25, 0.3) is 0 Å². The molecule has 1 aliphatic rings. The van der Waals surface area contributed by atoms with Crippen molar-refractivity contribution in [3.63, 3.8) is 0 Å². The lowest BCUT2D eigenvalue weighted by molar-refractivity contribution is -0.117. The molecular formula is C15H23N3O. The summed E-state index contributed by atoms with van der Waals surface area (Å²) < 4.78 is 0. The summed E-state index contributed by atoms with van der Waals surface area (Å²) in [5.41, 5.74) is 8.31. The molecule has 0 atom stereocenters. The number of nitrogens with one attached hydrogen (secondary N) is 1. The number of nitrogens with two attached hydrogens (primary N) is 1. The molecule has 0 saturated heterocycles. The van der Waals surface area contributed by atoms with Crippen LogP contribution >= 0.6 is 0 Å². The van der Waals surface area contributed by atoms with E-state index in [1.54, 1.807) is 0 Å². The Morgan fingerprint density at radius 2 is 2.21 bits per heavy atom. The molecule has 1 amide bonds. The first-order valence-electron chi connectivity index (χ1n) is 7.00. The fourth-order valence-corrected chi connectivity index (χ4v) is 2.28. The third-order valence-electron chi connectivity index (χ3n) is 3.57. The van der Waals surface area contributed by atoms with E-state index in [1.165, 1.54) is 12.8 Å². The van der Waals surface area contributed by atoms with E-state index in [0.717, 1.165) is 24.2 Å². The summed E-state index contributed by atoms with van der Waals surface area (Å²) in [5.74, 6) is 0.0500. The number of carbonyl (C=O) groups excluding carboxylic acids is 1. The van der Waals surface area contributed by atoms with E-state index >= 15 is 0 Å². The Morgan fingerprint density at radius 1 is 1.47 bits per heavy atom. The van der Waals surface area contributed by atoms with Gasteiger partial charge in [0.1, 0.15) is 0 Å². The van der Waals surface area contributed by atoms with Gasteiger partial charge in [0.15, 0.2) is 0 Å². The largest absolute Gasteiger partial charge is 0.398 e. The smallest absolute Gasteiger partial charge is 0.238 e. The molecule has 0 spiro atoms. The molecule has 0 heterocycles. The molecular weight excluding hydrogens is 238 g/mol. The molecule has 1 fully saturated rings. The van der Waals surface area contributed by atoms with E-state index in [2.05, 4.69) is 17.1 Å². The van der Waals surface area contributed by atoms with Gasteiger partial charge in [-0.15, -0.1) is 0 Å². The highest BCUT2D eigenvalue weighted by Crippen LogP contribution is 2.27. The molecule has 0 aliphatic heterocycles. The van der Waals surface area contributed by atoms with Crippen LogP contribution in [0.25, 0.3) is 0 Å². The fourth-order valence-electron chi connectivity index (χ4n) is 2.28. The highest BCUT2D eigenvalue weighted by molar-refractivity contribution is 5.93. The Kier molecular flexibility index (Phi) is 4.43. The summed E-state index contributed by atoms with van der Waals surface area (Å²) in [4.78, 5) is 14.4. The number of hydrogen-bond donors (Lipinski definition) is 2. The Balaban J connectivity index is 1.94. The first kappa shape index (κ1) is 13.9. The molecule has 0 unspecified atom stereocenters. The Morgan fingerprint density at radius 3 is 2.84 bits per heavy atom. The van der Waals surface area contributed by atoms with Gasteiger partial charge in [-0.05, 0) is 50.4 Å². The fraction of sp³-hybridized carbons (Fsp3) is 0.533. The van der Waals surface area contributed by atoms with Crippen molar-refractivity contribution in [2.24, 2.45) is 0 Å². The highest BCUT2D eigenvalue weighted by atomic mass is 16.2. The van der Waals surface area contributed by atoms with Gasteiger partial charge in [0.2, 0.25) is 5.91 Å². The third kappa shape index (κ3) is 3.70. The molecule has 0 radical (unpaired) electrons. The number of nitrogen functional groups attached to an aromatic ring is 1. The van der Waals surface area contributed by atoms with Crippen LogP contribution in [-0.2, 0) is 4.79 Å². The number of rotatable bonds is 6. The maximum Gasteiger partial charge on any atom is 0.238 e. The molecule has 1 aromatic rings. The van der Waals surface area contributed by atoms with Crippen molar-refractivity contribution in [2.45, 2.75) is 39.2 Å². The van der Waals surface area contributed by atoms with Gasteiger partial charge in [-0.25, -0.2) is 0 Å². The van der Waals surface area contributed by atoms with Crippen LogP contribution in [0.15, 0.2) is 18.2 Å². The molecule has 2 rings (SSSR count). The van der Waals surface area contributed by atoms with E-state index in [0.29, 0.717) is 18.3 Å². The first-order valence-corrected chi connectivity index (χ1v) is 7.00. The molecule has 19 heavy (non-hydrogen) atoms. The van der Waals surface area contributed by atoms with Crippen LogP contribution in [0.4, 0.5) is 11.4 Å². The second-order valence-electron chi connectivity index (χ2n) is 5.27. The summed E-state index contributed by atoms with van der Waals surface area (Å²) >= 11 is 0. The van der Waals surface area contributed by atoms with Gasteiger partial charge in [-0.3, -0.25) is 9.69 Å². The van der Waals surface area contributed by atoms with E-state index in [1.807, 2.05) is 25.1 Å². The molecule has 3 N–H and O–H groups in total. The topological polar surface area (TPSA) is 58.4 Å². The maximum absolute atomic E-state index is 12.1. The maximum atomic E-state index is 12.1. The Hall–Kier alpha value is -1.55. The van der Waals surface area contributed by atoms with E-state index in [9.17, 15) is 4.79 Å². The van der Waals surface area contributed by atoms with Crippen LogP contribution in [0.5, 0.6) is 0 Å². The number of benzene rings is 1. The van der Waals surface area contributed by atoms with Crippen LogP contribution in [0.3, 0.4) is 0 Å². The highest BCUT2D eigenvalue weighted by Gasteiger charge is 2.29. The van der Waals surface area contributed by atoms with E-state index < -0.39 is 0 Å². The number of hydrogen-bond acceptors (Lipinski definition) is 3. The van der Waals surface area contributed by atoms with Crippen LogP contribution < -0.4 is 11.1 Å². The zero-order valence-electron chi connectivity index (χ0n) is 11.8. The SMILES string of the molecule is CCCN(CC(=O)Nc1cccc(N)c1C)C1CC1. The van der Waals surface area contributed by atoms with Gasteiger partial charge in [0, 0.05) is 17.4 Å². The molecule has 4 heteroatoms.